The van der Waals surface area contributed by atoms with Crippen molar-refractivity contribution in [2.45, 2.75) is 32.2 Å². The summed E-state index contributed by atoms with van der Waals surface area (Å²) in [5.41, 5.74) is 3.76. The number of aromatic nitrogens is 2. The second-order valence-corrected chi connectivity index (χ2v) is 4.45. The Balaban J connectivity index is 2.30. The molecule has 0 saturated heterocycles. The number of ether oxygens (including phenoxy) is 1. The molecule has 2 rings (SSSR count). The van der Waals surface area contributed by atoms with Crippen molar-refractivity contribution in [1.29, 1.82) is 0 Å². The molecule has 1 aromatic heterocycles. The summed E-state index contributed by atoms with van der Waals surface area (Å²) in [5, 5.41) is 7.88. The van der Waals surface area contributed by atoms with Gasteiger partial charge in [0, 0.05) is 18.8 Å². The number of likely N-dealkylation sites (N-methyl/N-ethyl adjacent to an activating group) is 1. The maximum Gasteiger partial charge on any atom is 0.0876 e. The Morgan fingerprint density at radius 1 is 1.59 bits per heavy atom. The Morgan fingerprint density at radius 3 is 3.00 bits per heavy atom. The van der Waals surface area contributed by atoms with E-state index in [2.05, 4.69) is 23.5 Å². The molecule has 0 spiro atoms. The number of hydrogen-bond donors (Lipinski definition) is 1. The summed E-state index contributed by atoms with van der Waals surface area (Å²) in [5.74, 6) is 0. The summed E-state index contributed by atoms with van der Waals surface area (Å²) in [7, 11) is 3.97. The molecular weight excluding hydrogens is 214 g/mol. The van der Waals surface area contributed by atoms with Gasteiger partial charge >= 0.3 is 0 Å². The molecule has 4 nitrogen and oxygen atoms in total. The average Bonchev–Trinajstić information content (AvgIpc) is 2.73. The minimum Gasteiger partial charge on any atom is -0.501 e. The van der Waals surface area contributed by atoms with E-state index in [1.165, 1.54) is 16.8 Å². The van der Waals surface area contributed by atoms with Crippen LogP contribution in [0.1, 0.15) is 37.1 Å². The van der Waals surface area contributed by atoms with Crippen LogP contribution in [0.15, 0.2) is 18.0 Å². The molecule has 2 heterocycles. The van der Waals surface area contributed by atoms with Crippen LogP contribution in [0.4, 0.5) is 0 Å². The van der Waals surface area contributed by atoms with Gasteiger partial charge in [0.25, 0.3) is 0 Å². The first-order valence-electron chi connectivity index (χ1n) is 6.26. The third kappa shape index (κ3) is 2.52. The lowest BCUT2D eigenvalue weighted by atomic mass is 9.95. The number of nitrogens with one attached hydrogen (secondary N) is 1. The van der Waals surface area contributed by atoms with Crippen LogP contribution in [0.2, 0.25) is 0 Å². The quantitative estimate of drug-likeness (QED) is 0.867. The number of aryl methyl sites for hydroxylation is 2. The first-order chi connectivity index (χ1) is 8.26. The van der Waals surface area contributed by atoms with E-state index < -0.39 is 0 Å². The fourth-order valence-corrected chi connectivity index (χ4v) is 2.41. The Kier molecular flexibility index (Phi) is 3.84. The predicted molar refractivity (Wildman–Crippen MR) is 67.7 cm³/mol. The molecule has 1 unspecified atom stereocenters. The highest BCUT2D eigenvalue weighted by Gasteiger charge is 2.21. The lowest BCUT2D eigenvalue weighted by Gasteiger charge is -2.22. The second kappa shape index (κ2) is 5.36. The van der Waals surface area contributed by atoms with Gasteiger partial charge in [0.2, 0.25) is 0 Å². The van der Waals surface area contributed by atoms with Crippen molar-refractivity contribution in [3.05, 3.63) is 29.3 Å². The van der Waals surface area contributed by atoms with Gasteiger partial charge in [0.15, 0.2) is 0 Å². The highest BCUT2D eigenvalue weighted by atomic mass is 16.5. The van der Waals surface area contributed by atoms with Gasteiger partial charge in [-0.15, -0.1) is 0 Å². The van der Waals surface area contributed by atoms with Crippen molar-refractivity contribution < 1.29 is 4.74 Å². The van der Waals surface area contributed by atoms with E-state index in [0.29, 0.717) is 0 Å². The Morgan fingerprint density at radius 2 is 2.41 bits per heavy atom. The zero-order chi connectivity index (χ0) is 12.3. The molecule has 94 valence electrons. The zero-order valence-corrected chi connectivity index (χ0v) is 10.9. The van der Waals surface area contributed by atoms with Crippen molar-refractivity contribution in [2.75, 3.05) is 13.7 Å². The minimum atomic E-state index is 0.235. The molecule has 1 N–H and O–H groups in total. The SMILES string of the molecule is CCc1nn(C)cc1C(NC)C1=COCCC1. The molecule has 17 heavy (non-hydrogen) atoms. The third-order valence-electron chi connectivity index (χ3n) is 3.21. The zero-order valence-electron chi connectivity index (χ0n) is 10.9. The van der Waals surface area contributed by atoms with E-state index in [1.54, 1.807) is 0 Å². The first-order valence-corrected chi connectivity index (χ1v) is 6.26. The van der Waals surface area contributed by atoms with Gasteiger partial charge in [0.1, 0.15) is 0 Å². The van der Waals surface area contributed by atoms with E-state index in [9.17, 15) is 0 Å². The van der Waals surface area contributed by atoms with Crippen molar-refractivity contribution in [2.24, 2.45) is 7.05 Å². The van der Waals surface area contributed by atoms with E-state index in [1.807, 2.05) is 25.0 Å². The van der Waals surface area contributed by atoms with Crippen molar-refractivity contribution in [1.82, 2.24) is 15.1 Å². The van der Waals surface area contributed by atoms with E-state index in [0.717, 1.165) is 25.9 Å². The van der Waals surface area contributed by atoms with Crippen LogP contribution in [0.5, 0.6) is 0 Å². The Hall–Kier alpha value is -1.29. The number of nitrogens with zero attached hydrogens (tertiary/aromatic N) is 2. The molecule has 1 atom stereocenters. The monoisotopic (exact) mass is 235 g/mol. The first kappa shape index (κ1) is 12.2. The topological polar surface area (TPSA) is 39.1 Å². The lowest BCUT2D eigenvalue weighted by molar-refractivity contribution is 0.220. The van der Waals surface area contributed by atoms with Crippen molar-refractivity contribution >= 4 is 0 Å². The lowest BCUT2D eigenvalue weighted by Crippen LogP contribution is -2.21. The molecule has 0 aliphatic carbocycles. The summed E-state index contributed by atoms with van der Waals surface area (Å²) >= 11 is 0. The molecule has 0 radical (unpaired) electrons. The summed E-state index contributed by atoms with van der Waals surface area (Å²) in [4.78, 5) is 0. The fourth-order valence-electron chi connectivity index (χ4n) is 2.41. The van der Waals surface area contributed by atoms with Crippen LogP contribution >= 0.6 is 0 Å². The number of hydrogen-bond acceptors (Lipinski definition) is 3. The molecular formula is C13H21N3O. The number of rotatable bonds is 4. The van der Waals surface area contributed by atoms with Gasteiger partial charge in [-0.25, -0.2) is 0 Å². The predicted octanol–water partition coefficient (Wildman–Crippen LogP) is 1.94. The van der Waals surface area contributed by atoms with Gasteiger partial charge in [-0.05, 0) is 31.9 Å². The average molecular weight is 235 g/mol. The second-order valence-electron chi connectivity index (χ2n) is 4.45. The maximum absolute atomic E-state index is 5.44. The van der Waals surface area contributed by atoms with Crippen LogP contribution in [0, 0.1) is 0 Å². The minimum absolute atomic E-state index is 0.235. The molecule has 0 bridgehead atoms. The van der Waals surface area contributed by atoms with Gasteiger partial charge in [0.05, 0.1) is 24.6 Å². The van der Waals surface area contributed by atoms with Crippen LogP contribution in [0.3, 0.4) is 0 Å². The summed E-state index contributed by atoms with van der Waals surface area (Å²) in [6.07, 6.45) is 7.18. The van der Waals surface area contributed by atoms with E-state index >= 15 is 0 Å². The Labute approximate surface area is 103 Å². The normalized spacial score (nSPS) is 17.5. The molecule has 1 aliphatic heterocycles. The van der Waals surface area contributed by atoms with E-state index in [-0.39, 0.29) is 6.04 Å². The molecule has 0 fully saturated rings. The summed E-state index contributed by atoms with van der Waals surface area (Å²) in [6, 6.07) is 0.235. The van der Waals surface area contributed by atoms with E-state index in [4.69, 9.17) is 4.74 Å². The molecule has 0 aromatic carbocycles. The summed E-state index contributed by atoms with van der Waals surface area (Å²) in [6.45, 7) is 2.98. The standard InChI is InChI=1S/C13H21N3O/c1-4-12-11(8-16(3)15-12)13(14-2)10-6-5-7-17-9-10/h8-9,13-14H,4-7H2,1-3H3. The fraction of sp³-hybridized carbons (Fsp3) is 0.615. The van der Waals surface area contributed by atoms with Crippen LogP contribution < -0.4 is 5.32 Å². The van der Waals surface area contributed by atoms with Gasteiger partial charge in [-0.1, -0.05) is 6.92 Å². The largest absolute Gasteiger partial charge is 0.501 e. The molecule has 1 aromatic rings. The van der Waals surface area contributed by atoms with Crippen molar-refractivity contribution in [3.63, 3.8) is 0 Å². The molecule has 1 aliphatic rings. The van der Waals surface area contributed by atoms with Gasteiger partial charge in [-0.3, -0.25) is 4.68 Å². The smallest absolute Gasteiger partial charge is 0.0876 e. The third-order valence-corrected chi connectivity index (χ3v) is 3.21. The Bertz CT molecular complexity index is 409. The van der Waals surface area contributed by atoms with Crippen LogP contribution in [-0.4, -0.2) is 23.4 Å². The van der Waals surface area contributed by atoms with Crippen LogP contribution in [-0.2, 0) is 18.2 Å². The summed E-state index contributed by atoms with van der Waals surface area (Å²) < 4.78 is 7.33. The molecule has 4 heteroatoms. The molecule has 0 amide bonds. The van der Waals surface area contributed by atoms with Crippen molar-refractivity contribution in [3.8, 4) is 0 Å². The maximum atomic E-state index is 5.44. The van der Waals surface area contributed by atoms with Gasteiger partial charge in [-0.2, -0.15) is 5.10 Å². The molecule has 0 saturated carbocycles. The highest BCUT2D eigenvalue weighted by molar-refractivity contribution is 5.30. The highest BCUT2D eigenvalue weighted by Crippen LogP contribution is 2.29. The van der Waals surface area contributed by atoms with Gasteiger partial charge < -0.3 is 10.1 Å². The van der Waals surface area contributed by atoms with Crippen LogP contribution in [0.25, 0.3) is 0 Å².